The highest BCUT2D eigenvalue weighted by Gasteiger charge is 2.19. The lowest BCUT2D eigenvalue weighted by molar-refractivity contribution is 0.222. The minimum Gasteiger partial charge on any atom is -0.396 e. The number of anilines is 1. The van der Waals surface area contributed by atoms with Crippen LogP contribution in [0.15, 0.2) is 53.3 Å². The summed E-state index contributed by atoms with van der Waals surface area (Å²) < 4.78 is 1.02. The van der Waals surface area contributed by atoms with Crippen LogP contribution in [0.2, 0.25) is 0 Å². The van der Waals surface area contributed by atoms with Gasteiger partial charge < -0.3 is 10.4 Å². The molecule has 2 N–H and O–H groups in total. The van der Waals surface area contributed by atoms with Crippen molar-refractivity contribution in [2.45, 2.75) is 13.0 Å². The molecule has 0 fully saturated rings. The van der Waals surface area contributed by atoms with Gasteiger partial charge in [-0.2, -0.15) is 0 Å². The van der Waals surface area contributed by atoms with Gasteiger partial charge in [0.2, 0.25) is 0 Å². The van der Waals surface area contributed by atoms with Crippen molar-refractivity contribution < 1.29 is 5.11 Å². The van der Waals surface area contributed by atoms with Crippen LogP contribution in [0.5, 0.6) is 0 Å². The van der Waals surface area contributed by atoms with Gasteiger partial charge in [-0.3, -0.25) is 4.98 Å². The average Bonchev–Trinajstić information content (AvgIpc) is 2.60. The predicted molar refractivity (Wildman–Crippen MR) is 94.1 cm³/mol. The molecule has 6 heteroatoms. The maximum atomic E-state index is 9.58. The molecule has 0 saturated carbocycles. The second-order valence-corrected chi connectivity index (χ2v) is 6.34. The van der Waals surface area contributed by atoms with Gasteiger partial charge in [0.05, 0.1) is 6.04 Å². The molecule has 1 aromatic carbocycles. The number of aliphatic hydroxyl groups is 1. The molecule has 2 heterocycles. The first-order valence-electron chi connectivity index (χ1n) is 7.38. The Balaban J connectivity index is 1.91. The quantitative estimate of drug-likeness (QED) is 0.716. The van der Waals surface area contributed by atoms with E-state index in [2.05, 4.69) is 36.2 Å². The first kappa shape index (κ1) is 15.8. The number of benzene rings is 1. The monoisotopic (exact) mass is 372 g/mol. The van der Waals surface area contributed by atoms with Gasteiger partial charge >= 0.3 is 0 Å². The van der Waals surface area contributed by atoms with E-state index in [0.29, 0.717) is 11.5 Å². The van der Waals surface area contributed by atoms with E-state index in [1.54, 1.807) is 12.4 Å². The SMILES string of the molecule is CC(CO)C(Nc1ccc2nccnc2n1)c1ccc(Br)cc1. The summed E-state index contributed by atoms with van der Waals surface area (Å²) in [5.41, 5.74) is 2.45. The van der Waals surface area contributed by atoms with Gasteiger partial charge in [0.1, 0.15) is 11.3 Å². The summed E-state index contributed by atoms with van der Waals surface area (Å²) in [5, 5.41) is 13.0. The fraction of sp³-hybridized carbons (Fsp3) is 0.235. The van der Waals surface area contributed by atoms with Crippen LogP contribution < -0.4 is 5.32 Å². The van der Waals surface area contributed by atoms with Crippen LogP contribution in [0.1, 0.15) is 18.5 Å². The van der Waals surface area contributed by atoms with E-state index in [0.717, 1.165) is 15.6 Å². The molecule has 0 amide bonds. The molecule has 23 heavy (non-hydrogen) atoms. The molecule has 3 rings (SSSR count). The fourth-order valence-electron chi connectivity index (χ4n) is 2.42. The molecule has 2 atom stereocenters. The lowest BCUT2D eigenvalue weighted by atomic mass is 9.95. The minimum absolute atomic E-state index is 0.0375. The summed E-state index contributed by atoms with van der Waals surface area (Å²) in [6, 6.07) is 11.8. The second-order valence-electron chi connectivity index (χ2n) is 5.43. The van der Waals surface area contributed by atoms with Crippen LogP contribution in [0.3, 0.4) is 0 Å². The summed E-state index contributed by atoms with van der Waals surface area (Å²) in [6.07, 6.45) is 3.28. The maximum Gasteiger partial charge on any atom is 0.180 e. The Morgan fingerprint density at radius 3 is 2.57 bits per heavy atom. The largest absolute Gasteiger partial charge is 0.396 e. The highest BCUT2D eigenvalue weighted by atomic mass is 79.9. The van der Waals surface area contributed by atoms with Crippen LogP contribution in [-0.2, 0) is 0 Å². The van der Waals surface area contributed by atoms with Crippen molar-refractivity contribution in [1.29, 1.82) is 0 Å². The van der Waals surface area contributed by atoms with Gasteiger partial charge in [-0.25, -0.2) is 9.97 Å². The van der Waals surface area contributed by atoms with Crippen molar-refractivity contribution in [1.82, 2.24) is 15.0 Å². The first-order valence-corrected chi connectivity index (χ1v) is 8.17. The number of aromatic nitrogens is 3. The lowest BCUT2D eigenvalue weighted by Crippen LogP contribution is -2.22. The predicted octanol–water partition coefficient (Wildman–Crippen LogP) is 3.57. The van der Waals surface area contributed by atoms with Crippen molar-refractivity contribution in [3.8, 4) is 0 Å². The molecular weight excluding hydrogens is 356 g/mol. The van der Waals surface area contributed by atoms with Crippen LogP contribution in [0.25, 0.3) is 11.2 Å². The summed E-state index contributed by atoms with van der Waals surface area (Å²) >= 11 is 3.45. The van der Waals surface area contributed by atoms with E-state index in [1.165, 1.54) is 0 Å². The number of nitrogens with one attached hydrogen (secondary N) is 1. The number of hydrogen-bond acceptors (Lipinski definition) is 5. The van der Waals surface area contributed by atoms with Crippen LogP contribution in [-0.4, -0.2) is 26.7 Å². The van der Waals surface area contributed by atoms with E-state index in [1.807, 2.05) is 43.3 Å². The van der Waals surface area contributed by atoms with E-state index in [-0.39, 0.29) is 18.6 Å². The van der Waals surface area contributed by atoms with Crippen molar-refractivity contribution in [2.75, 3.05) is 11.9 Å². The number of fused-ring (bicyclic) bond motifs is 1. The molecule has 0 aliphatic carbocycles. The van der Waals surface area contributed by atoms with E-state index < -0.39 is 0 Å². The fourth-order valence-corrected chi connectivity index (χ4v) is 2.69. The average molecular weight is 373 g/mol. The summed E-state index contributed by atoms with van der Waals surface area (Å²) in [6.45, 7) is 2.09. The number of nitrogens with zero attached hydrogens (tertiary/aromatic N) is 3. The van der Waals surface area contributed by atoms with E-state index in [9.17, 15) is 5.11 Å². The summed E-state index contributed by atoms with van der Waals surface area (Å²) in [7, 11) is 0. The van der Waals surface area contributed by atoms with Crippen molar-refractivity contribution in [3.63, 3.8) is 0 Å². The number of hydrogen-bond donors (Lipinski definition) is 2. The second kappa shape index (κ2) is 7.02. The Morgan fingerprint density at radius 1 is 1.09 bits per heavy atom. The number of aliphatic hydroxyl groups excluding tert-OH is 1. The Bertz CT molecular complexity index is 794. The zero-order chi connectivity index (χ0) is 16.2. The Kier molecular flexibility index (Phi) is 4.83. The van der Waals surface area contributed by atoms with Gasteiger partial charge in [0, 0.05) is 29.4 Å². The molecular formula is C17H17BrN4O. The van der Waals surface area contributed by atoms with Crippen LogP contribution >= 0.6 is 15.9 Å². The van der Waals surface area contributed by atoms with Gasteiger partial charge in [0.25, 0.3) is 0 Å². The number of halogens is 1. The highest BCUT2D eigenvalue weighted by molar-refractivity contribution is 9.10. The lowest BCUT2D eigenvalue weighted by Gasteiger charge is -2.25. The molecule has 2 unspecified atom stereocenters. The molecule has 3 aromatic rings. The van der Waals surface area contributed by atoms with Gasteiger partial charge in [-0.1, -0.05) is 35.0 Å². The normalized spacial score (nSPS) is 13.7. The van der Waals surface area contributed by atoms with Crippen LogP contribution in [0, 0.1) is 5.92 Å². The molecule has 2 aromatic heterocycles. The molecule has 0 bridgehead atoms. The van der Waals surface area contributed by atoms with Gasteiger partial charge in [0.15, 0.2) is 5.65 Å². The van der Waals surface area contributed by atoms with E-state index in [4.69, 9.17) is 0 Å². The zero-order valence-corrected chi connectivity index (χ0v) is 14.2. The molecule has 0 spiro atoms. The van der Waals surface area contributed by atoms with Crippen molar-refractivity contribution in [2.24, 2.45) is 5.92 Å². The molecule has 0 aliphatic heterocycles. The van der Waals surface area contributed by atoms with Crippen molar-refractivity contribution in [3.05, 3.63) is 58.8 Å². The third-order valence-corrected chi connectivity index (χ3v) is 4.25. The molecule has 118 valence electrons. The minimum atomic E-state index is -0.0466. The summed E-state index contributed by atoms with van der Waals surface area (Å²) in [5.74, 6) is 0.752. The third-order valence-electron chi connectivity index (χ3n) is 3.72. The molecule has 0 aliphatic rings. The standard InChI is InChI=1S/C17H17BrN4O/c1-11(10-23)16(12-2-4-13(18)5-3-12)21-15-7-6-14-17(22-15)20-9-8-19-14/h2-9,11,16,23H,10H2,1H3,(H,20,21,22). The Hall–Kier alpha value is -2.05. The van der Waals surface area contributed by atoms with Crippen molar-refractivity contribution >= 4 is 32.9 Å². The van der Waals surface area contributed by atoms with Gasteiger partial charge in [-0.05, 0) is 29.8 Å². The number of pyridine rings is 1. The first-order chi connectivity index (χ1) is 11.2. The molecule has 0 radical (unpaired) electrons. The smallest absolute Gasteiger partial charge is 0.180 e. The van der Waals surface area contributed by atoms with E-state index >= 15 is 0 Å². The molecule has 0 saturated heterocycles. The Labute approximate surface area is 143 Å². The topological polar surface area (TPSA) is 70.9 Å². The van der Waals surface area contributed by atoms with Crippen LogP contribution in [0.4, 0.5) is 5.82 Å². The Morgan fingerprint density at radius 2 is 1.83 bits per heavy atom. The summed E-state index contributed by atoms with van der Waals surface area (Å²) in [4.78, 5) is 13.0. The maximum absolute atomic E-state index is 9.58. The molecule has 5 nitrogen and oxygen atoms in total. The number of rotatable bonds is 5. The highest BCUT2D eigenvalue weighted by Crippen LogP contribution is 2.27. The third kappa shape index (κ3) is 3.65. The van der Waals surface area contributed by atoms with Gasteiger partial charge in [-0.15, -0.1) is 0 Å². The zero-order valence-electron chi connectivity index (χ0n) is 12.6.